The smallest absolute Gasteiger partial charge is 0.229 e. The van der Waals surface area contributed by atoms with Crippen LogP contribution < -0.4 is 5.32 Å². The lowest BCUT2D eigenvalue weighted by Crippen LogP contribution is -2.15. The molecule has 0 bridgehead atoms. The van der Waals surface area contributed by atoms with Gasteiger partial charge in [-0.2, -0.15) is 10.1 Å². The Bertz CT molecular complexity index is 1090. The van der Waals surface area contributed by atoms with Gasteiger partial charge in [-0.15, -0.1) is 0 Å². The van der Waals surface area contributed by atoms with Gasteiger partial charge in [-0.25, -0.2) is 23.1 Å². The summed E-state index contributed by atoms with van der Waals surface area (Å²) in [5, 5.41) is 9.28. The van der Waals surface area contributed by atoms with Crippen molar-refractivity contribution in [1.82, 2.24) is 24.7 Å². The first kappa shape index (κ1) is 18.5. The molecule has 0 spiro atoms. The molecule has 3 heterocycles. The molecule has 0 amide bonds. The molecule has 0 aromatic carbocycles. The lowest BCUT2D eigenvalue weighted by atomic mass is 9.89. The normalized spacial score (nSPS) is 15.6. The number of hydrogen-bond acceptors (Lipinski definition) is 7. The van der Waals surface area contributed by atoms with Gasteiger partial charge in [-0.3, -0.25) is 0 Å². The molecule has 3 aromatic rings. The summed E-state index contributed by atoms with van der Waals surface area (Å²) in [4.78, 5) is 12.9. The van der Waals surface area contributed by atoms with E-state index in [1.807, 2.05) is 4.68 Å². The molecule has 28 heavy (non-hydrogen) atoms. The first-order chi connectivity index (χ1) is 13.5. The van der Waals surface area contributed by atoms with E-state index in [1.165, 1.54) is 44.4 Å². The molecule has 1 saturated carbocycles. The Morgan fingerprint density at radius 1 is 1.14 bits per heavy atom. The fraction of sp³-hybridized carbons (Fsp3) is 0.368. The molecule has 0 radical (unpaired) electrons. The molecule has 146 valence electrons. The molecule has 8 nitrogen and oxygen atoms in total. The molecular formula is C19H22N6O2S. The van der Waals surface area contributed by atoms with E-state index in [0.717, 1.165) is 23.0 Å². The van der Waals surface area contributed by atoms with Crippen LogP contribution in [0.3, 0.4) is 0 Å². The fourth-order valence-electron chi connectivity index (χ4n) is 3.51. The van der Waals surface area contributed by atoms with E-state index < -0.39 is 9.84 Å². The summed E-state index contributed by atoms with van der Waals surface area (Å²) in [5.74, 6) is 1.06. The van der Waals surface area contributed by atoms with E-state index in [9.17, 15) is 8.42 Å². The van der Waals surface area contributed by atoms with Crippen LogP contribution in [0.2, 0.25) is 0 Å². The summed E-state index contributed by atoms with van der Waals surface area (Å²) in [6.07, 6.45) is 11.3. The molecule has 0 atom stereocenters. The van der Waals surface area contributed by atoms with E-state index in [1.54, 1.807) is 18.5 Å². The Kier molecular flexibility index (Phi) is 5.08. The van der Waals surface area contributed by atoms with Crippen LogP contribution in [0.4, 0.5) is 11.6 Å². The molecule has 4 rings (SSSR count). The summed E-state index contributed by atoms with van der Waals surface area (Å²) in [5.41, 5.74) is 1.39. The Morgan fingerprint density at radius 3 is 2.68 bits per heavy atom. The van der Waals surface area contributed by atoms with Crippen molar-refractivity contribution in [3.05, 3.63) is 42.7 Å². The minimum Gasteiger partial charge on any atom is -0.323 e. The lowest BCUT2D eigenvalue weighted by molar-refractivity contribution is 0.311. The highest BCUT2D eigenvalue weighted by Crippen LogP contribution is 2.26. The number of pyridine rings is 1. The fourth-order valence-corrected chi connectivity index (χ4v) is 4.14. The standard InChI is InChI=1S/C19H22N6O2S/c1-2-28(26,27)17-9-8-16(12-20-17)23-19-21-10-15-11-22-25(18(15)24-19)13-14-6-4-3-5-7-14/h2,8-12,14H,1,3-7,13H2,(H,21,23,24). The highest BCUT2D eigenvalue weighted by atomic mass is 32.2. The first-order valence-corrected chi connectivity index (χ1v) is 10.9. The topological polar surface area (TPSA) is 103 Å². The third-order valence-corrected chi connectivity index (χ3v) is 6.30. The van der Waals surface area contributed by atoms with Gasteiger partial charge >= 0.3 is 0 Å². The minimum absolute atomic E-state index is 0.0463. The third kappa shape index (κ3) is 3.89. The zero-order chi connectivity index (χ0) is 19.6. The average Bonchev–Trinajstić information content (AvgIpc) is 3.11. The molecule has 1 N–H and O–H groups in total. The van der Waals surface area contributed by atoms with Crippen molar-refractivity contribution in [3.63, 3.8) is 0 Å². The maximum Gasteiger partial charge on any atom is 0.229 e. The van der Waals surface area contributed by atoms with Gasteiger partial charge in [0.05, 0.1) is 23.5 Å². The average molecular weight is 398 g/mol. The Labute approximate surface area is 163 Å². The number of rotatable bonds is 6. The molecule has 0 aliphatic heterocycles. The van der Waals surface area contributed by atoms with Crippen molar-refractivity contribution in [1.29, 1.82) is 0 Å². The van der Waals surface area contributed by atoms with Crippen molar-refractivity contribution < 1.29 is 8.42 Å². The van der Waals surface area contributed by atoms with Crippen LogP contribution in [-0.2, 0) is 16.4 Å². The Hall–Kier alpha value is -2.81. The van der Waals surface area contributed by atoms with Crippen molar-refractivity contribution >= 4 is 32.5 Å². The molecule has 0 saturated heterocycles. The molecule has 1 aliphatic carbocycles. The second-order valence-corrected chi connectivity index (χ2v) is 8.87. The number of sulfone groups is 1. The van der Waals surface area contributed by atoms with Crippen molar-refractivity contribution in [2.75, 3.05) is 5.32 Å². The number of aromatic nitrogens is 5. The quantitative estimate of drug-likeness (QED) is 0.678. The molecule has 3 aromatic heterocycles. The van der Waals surface area contributed by atoms with Gasteiger partial charge in [0, 0.05) is 18.1 Å². The maximum atomic E-state index is 11.8. The van der Waals surface area contributed by atoms with Gasteiger partial charge in [-0.1, -0.05) is 25.8 Å². The summed E-state index contributed by atoms with van der Waals surface area (Å²) < 4.78 is 25.5. The monoisotopic (exact) mass is 398 g/mol. The number of fused-ring (bicyclic) bond motifs is 1. The van der Waals surface area contributed by atoms with Crippen LogP contribution in [0.15, 0.2) is 47.7 Å². The summed E-state index contributed by atoms with van der Waals surface area (Å²) in [6.45, 7) is 4.17. The summed E-state index contributed by atoms with van der Waals surface area (Å²) in [7, 11) is -3.55. The van der Waals surface area contributed by atoms with Crippen molar-refractivity contribution in [2.24, 2.45) is 5.92 Å². The van der Waals surface area contributed by atoms with E-state index in [2.05, 4.69) is 31.9 Å². The third-order valence-electron chi connectivity index (χ3n) is 5.04. The summed E-state index contributed by atoms with van der Waals surface area (Å²) in [6, 6.07) is 3.04. The number of nitrogens with one attached hydrogen (secondary N) is 1. The van der Waals surface area contributed by atoms with Crippen LogP contribution in [0.5, 0.6) is 0 Å². The molecule has 0 unspecified atom stereocenters. The summed E-state index contributed by atoms with van der Waals surface area (Å²) >= 11 is 0. The molecule has 1 aliphatic rings. The van der Waals surface area contributed by atoms with Gasteiger partial charge < -0.3 is 5.32 Å². The predicted molar refractivity (Wildman–Crippen MR) is 107 cm³/mol. The second kappa shape index (κ2) is 7.67. The van der Waals surface area contributed by atoms with Crippen molar-refractivity contribution in [2.45, 2.75) is 43.7 Å². The van der Waals surface area contributed by atoms with Crippen LogP contribution >= 0.6 is 0 Å². The Balaban J connectivity index is 1.54. The number of nitrogens with zero attached hydrogens (tertiary/aromatic N) is 5. The zero-order valence-electron chi connectivity index (χ0n) is 15.5. The Morgan fingerprint density at radius 2 is 1.96 bits per heavy atom. The predicted octanol–water partition coefficient (Wildman–Crippen LogP) is 3.46. The van der Waals surface area contributed by atoms with E-state index >= 15 is 0 Å². The lowest BCUT2D eigenvalue weighted by Gasteiger charge is -2.21. The number of hydrogen-bond donors (Lipinski definition) is 1. The highest BCUT2D eigenvalue weighted by molar-refractivity contribution is 7.94. The molecule has 9 heteroatoms. The van der Waals surface area contributed by atoms with Gasteiger partial charge in [-0.05, 0) is 30.9 Å². The SMILES string of the molecule is C=CS(=O)(=O)c1ccc(Nc2ncc3cnn(CC4CCCCC4)c3n2)cn1. The van der Waals surface area contributed by atoms with Gasteiger partial charge in [0.2, 0.25) is 15.8 Å². The maximum absolute atomic E-state index is 11.8. The molecular weight excluding hydrogens is 376 g/mol. The number of anilines is 2. The highest BCUT2D eigenvalue weighted by Gasteiger charge is 2.16. The zero-order valence-corrected chi connectivity index (χ0v) is 16.3. The minimum atomic E-state index is -3.55. The van der Waals surface area contributed by atoms with Crippen molar-refractivity contribution in [3.8, 4) is 0 Å². The van der Waals surface area contributed by atoms with E-state index in [-0.39, 0.29) is 5.03 Å². The van der Waals surface area contributed by atoms with E-state index in [4.69, 9.17) is 0 Å². The van der Waals surface area contributed by atoms with Crippen LogP contribution in [0.1, 0.15) is 32.1 Å². The van der Waals surface area contributed by atoms with Crippen LogP contribution in [-0.4, -0.2) is 33.2 Å². The second-order valence-electron chi connectivity index (χ2n) is 7.03. The van der Waals surface area contributed by atoms with Gasteiger partial charge in [0.25, 0.3) is 0 Å². The van der Waals surface area contributed by atoms with Crippen LogP contribution in [0, 0.1) is 5.92 Å². The van der Waals surface area contributed by atoms with Crippen LogP contribution in [0.25, 0.3) is 11.0 Å². The molecule has 1 fully saturated rings. The first-order valence-electron chi connectivity index (χ1n) is 9.34. The van der Waals surface area contributed by atoms with E-state index in [0.29, 0.717) is 17.6 Å². The van der Waals surface area contributed by atoms with Gasteiger partial charge in [0.15, 0.2) is 10.7 Å². The largest absolute Gasteiger partial charge is 0.323 e. The van der Waals surface area contributed by atoms with Gasteiger partial charge in [0.1, 0.15) is 0 Å².